The smallest absolute Gasteiger partial charge is 0.145 e. The predicted octanol–water partition coefficient (Wildman–Crippen LogP) is 4.68. The van der Waals surface area contributed by atoms with E-state index in [1.807, 2.05) is 55.6 Å². The van der Waals surface area contributed by atoms with Gasteiger partial charge in [-0.2, -0.15) is 0 Å². The van der Waals surface area contributed by atoms with Gasteiger partial charge >= 0.3 is 0 Å². The molecule has 0 aliphatic heterocycles. The van der Waals surface area contributed by atoms with E-state index >= 15 is 0 Å². The fraction of sp³-hybridized carbons (Fsp3) is 0.188. The van der Waals surface area contributed by atoms with Crippen LogP contribution in [0.4, 0.5) is 5.69 Å². The number of benzene rings is 2. The number of hydrogen-bond donors (Lipinski definition) is 0. The van der Waals surface area contributed by atoms with Gasteiger partial charge in [-0.1, -0.05) is 42.5 Å². The zero-order valence-electron chi connectivity index (χ0n) is 11.2. The Balaban J connectivity index is 2.12. The van der Waals surface area contributed by atoms with Gasteiger partial charge in [0.05, 0.1) is 5.04 Å². The van der Waals surface area contributed by atoms with Crippen LogP contribution in [0.5, 0.6) is 5.75 Å². The highest BCUT2D eigenvalue weighted by Gasteiger charge is 2.02. The largest absolute Gasteiger partial charge is 0.487 e. The molecule has 0 N–H and O–H groups in total. The summed E-state index contributed by atoms with van der Waals surface area (Å²) in [5.41, 5.74) is 2.04. The third kappa shape index (κ3) is 4.14. The number of nitrogens with zero attached hydrogens (tertiary/aromatic N) is 1. The molecule has 0 saturated carbocycles. The number of hydrogen-bond acceptors (Lipinski definition) is 3. The first kappa shape index (κ1) is 13.7. The van der Waals surface area contributed by atoms with Crippen LogP contribution in [0.1, 0.15) is 12.5 Å². The monoisotopic (exact) mass is 271 g/mol. The third-order valence-electron chi connectivity index (χ3n) is 2.68. The first-order chi connectivity index (χ1) is 9.29. The minimum Gasteiger partial charge on any atom is -0.487 e. The zero-order valence-corrected chi connectivity index (χ0v) is 12.0. The van der Waals surface area contributed by atoms with Gasteiger partial charge in [-0.3, -0.25) is 0 Å². The lowest BCUT2D eigenvalue weighted by molar-refractivity contribution is 0.307. The molecule has 0 aromatic heterocycles. The first-order valence-electron chi connectivity index (χ1n) is 6.14. The molecule has 0 aliphatic rings. The molecule has 2 nitrogen and oxygen atoms in total. The molecule has 2 aromatic rings. The van der Waals surface area contributed by atoms with Crippen molar-refractivity contribution in [1.82, 2.24) is 0 Å². The van der Waals surface area contributed by atoms with Crippen molar-refractivity contribution in [2.24, 2.45) is 4.99 Å². The highest BCUT2D eigenvalue weighted by atomic mass is 32.2. The van der Waals surface area contributed by atoms with Crippen LogP contribution in [-0.2, 0) is 6.61 Å². The van der Waals surface area contributed by atoms with E-state index in [0.717, 1.165) is 22.0 Å². The van der Waals surface area contributed by atoms with Gasteiger partial charge < -0.3 is 4.74 Å². The third-order valence-corrected chi connectivity index (χ3v) is 3.36. The molecule has 0 aliphatic carbocycles. The molecule has 0 radical (unpaired) electrons. The van der Waals surface area contributed by atoms with Gasteiger partial charge in [0.1, 0.15) is 18.0 Å². The lowest BCUT2D eigenvalue weighted by atomic mass is 10.2. The second-order valence-electron chi connectivity index (χ2n) is 4.08. The number of thioether (sulfide) groups is 1. The maximum Gasteiger partial charge on any atom is 0.145 e. The van der Waals surface area contributed by atoms with E-state index in [4.69, 9.17) is 4.74 Å². The normalized spacial score (nSPS) is 11.4. The van der Waals surface area contributed by atoms with Gasteiger partial charge in [0.15, 0.2) is 0 Å². The van der Waals surface area contributed by atoms with E-state index < -0.39 is 0 Å². The average molecular weight is 271 g/mol. The molecule has 0 spiro atoms. The molecule has 0 saturated heterocycles. The molecular formula is C16H17NOS. The number of aliphatic imine (C=N–C) groups is 1. The van der Waals surface area contributed by atoms with Crippen LogP contribution in [-0.4, -0.2) is 11.3 Å². The van der Waals surface area contributed by atoms with E-state index in [2.05, 4.69) is 17.1 Å². The standard InChI is InChI=1S/C16H17NOS/c1-13(19-2)17-15-10-6-7-11-16(15)18-12-14-8-4-3-5-9-14/h3-11H,12H2,1-2H3. The van der Waals surface area contributed by atoms with E-state index in [0.29, 0.717) is 6.61 Å². The molecule has 2 aromatic carbocycles. The van der Waals surface area contributed by atoms with E-state index in [9.17, 15) is 0 Å². The van der Waals surface area contributed by atoms with Crippen LogP contribution in [0.25, 0.3) is 0 Å². The lowest BCUT2D eigenvalue weighted by Crippen LogP contribution is -1.95. The molecular weight excluding hydrogens is 254 g/mol. The molecule has 0 unspecified atom stereocenters. The van der Waals surface area contributed by atoms with Crippen molar-refractivity contribution in [3.8, 4) is 5.75 Å². The minimum absolute atomic E-state index is 0.561. The highest BCUT2D eigenvalue weighted by Crippen LogP contribution is 2.28. The maximum absolute atomic E-state index is 5.85. The summed E-state index contributed by atoms with van der Waals surface area (Å²) in [7, 11) is 0. The Morgan fingerprint density at radius 2 is 1.74 bits per heavy atom. The van der Waals surface area contributed by atoms with E-state index in [1.54, 1.807) is 11.8 Å². The summed E-state index contributed by atoms with van der Waals surface area (Å²) in [6.45, 7) is 2.56. The Hall–Kier alpha value is -1.74. The second-order valence-corrected chi connectivity index (χ2v) is 5.08. The molecule has 0 amide bonds. The number of ether oxygens (including phenoxy) is 1. The predicted molar refractivity (Wildman–Crippen MR) is 83.5 cm³/mol. The van der Waals surface area contributed by atoms with Crippen molar-refractivity contribution in [3.05, 3.63) is 60.2 Å². The minimum atomic E-state index is 0.561. The van der Waals surface area contributed by atoms with Crippen molar-refractivity contribution in [3.63, 3.8) is 0 Å². The molecule has 0 bridgehead atoms. The molecule has 98 valence electrons. The summed E-state index contributed by atoms with van der Waals surface area (Å²) < 4.78 is 5.85. The topological polar surface area (TPSA) is 21.6 Å². The van der Waals surface area contributed by atoms with Crippen LogP contribution in [0.2, 0.25) is 0 Å². The average Bonchev–Trinajstić information content (AvgIpc) is 2.47. The second kappa shape index (κ2) is 7.00. The van der Waals surface area contributed by atoms with Crippen LogP contribution < -0.4 is 4.74 Å². The van der Waals surface area contributed by atoms with Gasteiger partial charge in [-0.05, 0) is 30.9 Å². The van der Waals surface area contributed by atoms with Crippen LogP contribution in [0.3, 0.4) is 0 Å². The number of para-hydroxylation sites is 2. The Kier molecular flexibility index (Phi) is 5.04. The van der Waals surface area contributed by atoms with Gasteiger partial charge in [0, 0.05) is 0 Å². The number of rotatable bonds is 4. The molecule has 0 atom stereocenters. The van der Waals surface area contributed by atoms with E-state index in [1.165, 1.54) is 0 Å². The Morgan fingerprint density at radius 1 is 1.05 bits per heavy atom. The fourth-order valence-corrected chi connectivity index (χ4v) is 1.81. The summed E-state index contributed by atoms with van der Waals surface area (Å²) in [5, 5.41) is 1.02. The Morgan fingerprint density at radius 3 is 2.47 bits per heavy atom. The van der Waals surface area contributed by atoms with Crippen LogP contribution in [0, 0.1) is 0 Å². The summed E-state index contributed by atoms with van der Waals surface area (Å²) in [5.74, 6) is 0.819. The Labute approximate surface area is 118 Å². The SMILES string of the molecule is CSC(C)=Nc1ccccc1OCc1ccccc1. The van der Waals surface area contributed by atoms with Crippen molar-refractivity contribution in [2.45, 2.75) is 13.5 Å². The summed E-state index contributed by atoms with van der Waals surface area (Å²) >= 11 is 1.64. The Bertz CT molecular complexity index is 552. The summed E-state index contributed by atoms with van der Waals surface area (Å²) in [6, 6.07) is 18.0. The zero-order chi connectivity index (χ0) is 13.5. The van der Waals surface area contributed by atoms with Crippen molar-refractivity contribution in [2.75, 3.05) is 6.26 Å². The molecule has 2 rings (SSSR count). The van der Waals surface area contributed by atoms with Gasteiger partial charge in [-0.15, -0.1) is 11.8 Å². The van der Waals surface area contributed by atoms with Crippen molar-refractivity contribution in [1.29, 1.82) is 0 Å². The quantitative estimate of drug-likeness (QED) is 0.595. The lowest BCUT2D eigenvalue weighted by Gasteiger charge is -2.09. The van der Waals surface area contributed by atoms with Gasteiger partial charge in [0.2, 0.25) is 0 Å². The van der Waals surface area contributed by atoms with E-state index in [-0.39, 0.29) is 0 Å². The van der Waals surface area contributed by atoms with Crippen molar-refractivity contribution < 1.29 is 4.74 Å². The van der Waals surface area contributed by atoms with Crippen molar-refractivity contribution >= 4 is 22.5 Å². The molecule has 0 fully saturated rings. The maximum atomic E-state index is 5.85. The highest BCUT2D eigenvalue weighted by molar-refractivity contribution is 8.13. The van der Waals surface area contributed by atoms with Crippen LogP contribution in [0.15, 0.2) is 59.6 Å². The summed E-state index contributed by atoms with van der Waals surface area (Å²) in [6.07, 6.45) is 2.02. The van der Waals surface area contributed by atoms with Gasteiger partial charge in [0.25, 0.3) is 0 Å². The fourth-order valence-electron chi connectivity index (χ4n) is 1.62. The molecule has 3 heteroatoms. The van der Waals surface area contributed by atoms with Gasteiger partial charge in [-0.25, -0.2) is 4.99 Å². The first-order valence-corrected chi connectivity index (χ1v) is 7.37. The molecule has 19 heavy (non-hydrogen) atoms. The van der Waals surface area contributed by atoms with Crippen LogP contribution >= 0.6 is 11.8 Å². The molecule has 0 heterocycles. The summed E-state index contributed by atoms with van der Waals surface area (Å²) in [4.78, 5) is 4.54.